The number of aromatic amines is 1. The molecule has 8 nitrogen and oxygen atoms in total. The van der Waals surface area contributed by atoms with Crippen LogP contribution in [0.25, 0.3) is 10.9 Å². The average molecular weight is 391 g/mol. The lowest BCUT2D eigenvalue weighted by Gasteiger charge is -2.27. The summed E-state index contributed by atoms with van der Waals surface area (Å²) in [7, 11) is 0. The Kier molecular flexibility index (Phi) is 5.69. The fourth-order valence-electron chi connectivity index (χ4n) is 3.53. The van der Waals surface area contributed by atoms with Gasteiger partial charge in [0.05, 0.1) is 10.9 Å². The summed E-state index contributed by atoms with van der Waals surface area (Å²) in [6, 6.07) is 4.67. The second kappa shape index (κ2) is 7.99. The summed E-state index contributed by atoms with van der Waals surface area (Å²) in [6.07, 6.45) is 3.09. The molecule has 0 bridgehead atoms. The predicted molar refractivity (Wildman–Crippen MR) is 103 cm³/mol. The lowest BCUT2D eigenvalue weighted by atomic mass is 10.1. The number of nitrogens with one attached hydrogen (secondary N) is 1. The van der Waals surface area contributed by atoms with Gasteiger partial charge in [-0.15, -0.1) is 0 Å². The molecule has 3 rings (SSSR count). The SMILES string of the molecule is CSCC[C@@H](C(=O)N1CCC[C@@H]1C(=O)O)n1c(=O)[nH]c2ccccc2c1=O. The number of hydrogen-bond acceptors (Lipinski definition) is 5. The van der Waals surface area contributed by atoms with E-state index in [1.807, 2.05) is 6.26 Å². The van der Waals surface area contributed by atoms with Crippen molar-refractivity contribution in [2.24, 2.45) is 0 Å². The summed E-state index contributed by atoms with van der Waals surface area (Å²) in [5, 5.41) is 9.69. The maximum absolute atomic E-state index is 13.1. The molecule has 2 atom stereocenters. The lowest BCUT2D eigenvalue weighted by Crippen LogP contribution is -2.49. The number of aromatic nitrogens is 2. The van der Waals surface area contributed by atoms with Gasteiger partial charge in [-0.25, -0.2) is 14.2 Å². The van der Waals surface area contributed by atoms with Crippen molar-refractivity contribution < 1.29 is 14.7 Å². The molecule has 144 valence electrons. The van der Waals surface area contributed by atoms with Crippen LogP contribution in [0.15, 0.2) is 33.9 Å². The zero-order valence-corrected chi connectivity index (χ0v) is 15.7. The summed E-state index contributed by atoms with van der Waals surface area (Å²) in [5.74, 6) is -0.998. The van der Waals surface area contributed by atoms with E-state index in [1.165, 1.54) is 16.7 Å². The molecule has 0 aliphatic carbocycles. The van der Waals surface area contributed by atoms with Gasteiger partial charge in [0.15, 0.2) is 0 Å². The Hall–Kier alpha value is -2.55. The second-order valence-electron chi connectivity index (χ2n) is 6.48. The Morgan fingerprint density at radius 2 is 2.07 bits per heavy atom. The number of carbonyl (C=O) groups excluding carboxylic acids is 1. The third-order valence-electron chi connectivity index (χ3n) is 4.85. The van der Waals surface area contributed by atoms with Crippen LogP contribution in [0.3, 0.4) is 0 Å². The number of nitrogens with zero attached hydrogens (tertiary/aromatic N) is 2. The largest absolute Gasteiger partial charge is 0.480 e. The fraction of sp³-hybridized carbons (Fsp3) is 0.444. The number of carboxylic acid groups (broad SMARTS) is 1. The van der Waals surface area contributed by atoms with E-state index < -0.39 is 35.2 Å². The average Bonchev–Trinajstić information content (AvgIpc) is 3.14. The molecule has 1 aliphatic heterocycles. The number of likely N-dealkylation sites (tertiary alicyclic amines) is 1. The Morgan fingerprint density at radius 1 is 1.33 bits per heavy atom. The van der Waals surface area contributed by atoms with Crippen molar-refractivity contribution in [1.82, 2.24) is 14.5 Å². The summed E-state index contributed by atoms with van der Waals surface area (Å²) < 4.78 is 0.943. The van der Waals surface area contributed by atoms with Crippen LogP contribution in [0.2, 0.25) is 0 Å². The van der Waals surface area contributed by atoms with E-state index in [0.29, 0.717) is 36.0 Å². The van der Waals surface area contributed by atoms with Crippen molar-refractivity contribution in [2.75, 3.05) is 18.6 Å². The van der Waals surface area contributed by atoms with Crippen molar-refractivity contribution >= 4 is 34.5 Å². The number of rotatable bonds is 6. The van der Waals surface area contributed by atoms with Gasteiger partial charge in [0.25, 0.3) is 5.56 Å². The molecule has 2 aromatic rings. The van der Waals surface area contributed by atoms with Crippen LogP contribution in [0.5, 0.6) is 0 Å². The minimum Gasteiger partial charge on any atom is -0.480 e. The first-order chi connectivity index (χ1) is 13.0. The molecular formula is C18H21N3O5S. The molecule has 2 N–H and O–H groups in total. The second-order valence-corrected chi connectivity index (χ2v) is 7.46. The number of carboxylic acids is 1. The Bertz CT molecular complexity index is 983. The van der Waals surface area contributed by atoms with Gasteiger partial charge in [-0.3, -0.25) is 9.59 Å². The third-order valence-corrected chi connectivity index (χ3v) is 5.49. The van der Waals surface area contributed by atoms with Gasteiger partial charge in [-0.2, -0.15) is 11.8 Å². The molecule has 1 saturated heterocycles. The van der Waals surface area contributed by atoms with Crippen LogP contribution in [-0.4, -0.2) is 56.0 Å². The van der Waals surface area contributed by atoms with Gasteiger partial charge in [0.2, 0.25) is 5.91 Å². The number of carbonyl (C=O) groups is 2. The molecule has 27 heavy (non-hydrogen) atoms. The maximum Gasteiger partial charge on any atom is 0.329 e. The molecule has 1 aliphatic rings. The van der Waals surface area contributed by atoms with Crippen LogP contribution in [0.4, 0.5) is 0 Å². The Morgan fingerprint density at radius 3 is 2.78 bits per heavy atom. The van der Waals surface area contributed by atoms with Gasteiger partial charge in [0.1, 0.15) is 12.1 Å². The van der Waals surface area contributed by atoms with Gasteiger partial charge in [-0.1, -0.05) is 12.1 Å². The molecule has 0 saturated carbocycles. The highest BCUT2D eigenvalue weighted by Crippen LogP contribution is 2.23. The van der Waals surface area contributed by atoms with Crippen LogP contribution in [-0.2, 0) is 9.59 Å². The van der Waals surface area contributed by atoms with E-state index in [4.69, 9.17) is 0 Å². The van der Waals surface area contributed by atoms with Crippen LogP contribution in [0.1, 0.15) is 25.3 Å². The number of aliphatic carboxylic acids is 1. The van der Waals surface area contributed by atoms with E-state index in [0.717, 1.165) is 4.57 Å². The first kappa shape index (κ1) is 19.2. The number of para-hydroxylation sites is 1. The number of fused-ring (bicyclic) bond motifs is 1. The number of amides is 1. The first-order valence-electron chi connectivity index (χ1n) is 8.71. The molecule has 1 amide bonds. The van der Waals surface area contributed by atoms with Crippen LogP contribution >= 0.6 is 11.8 Å². The van der Waals surface area contributed by atoms with Crippen molar-refractivity contribution in [3.63, 3.8) is 0 Å². The molecule has 2 heterocycles. The van der Waals surface area contributed by atoms with E-state index in [9.17, 15) is 24.3 Å². The molecular weight excluding hydrogens is 370 g/mol. The van der Waals surface area contributed by atoms with Gasteiger partial charge in [0, 0.05) is 6.54 Å². The highest BCUT2D eigenvalue weighted by Gasteiger charge is 2.38. The monoisotopic (exact) mass is 391 g/mol. The summed E-state index contributed by atoms with van der Waals surface area (Å²) in [5.41, 5.74) is -0.798. The van der Waals surface area contributed by atoms with Crippen LogP contribution < -0.4 is 11.2 Å². The quantitative estimate of drug-likeness (QED) is 0.761. The van der Waals surface area contributed by atoms with Gasteiger partial charge < -0.3 is 15.0 Å². The van der Waals surface area contributed by atoms with E-state index in [2.05, 4.69) is 4.98 Å². The summed E-state index contributed by atoms with van der Waals surface area (Å²) in [4.78, 5) is 54.1. The van der Waals surface area contributed by atoms with Crippen molar-refractivity contribution in [3.8, 4) is 0 Å². The normalized spacial score (nSPS) is 18.0. The number of thioether (sulfide) groups is 1. The number of benzene rings is 1. The van der Waals surface area contributed by atoms with Crippen molar-refractivity contribution in [1.29, 1.82) is 0 Å². The molecule has 1 aromatic heterocycles. The topological polar surface area (TPSA) is 112 Å². The van der Waals surface area contributed by atoms with Crippen molar-refractivity contribution in [3.05, 3.63) is 45.1 Å². The minimum atomic E-state index is -1.07. The Labute approximate surface area is 159 Å². The Balaban J connectivity index is 2.09. The molecule has 0 unspecified atom stereocenters. The standard InChI is InChI=1S/C18H21N3O5S/c1-27-10-8-13(16(23)20-9-4-7-14(20)17(24)25)21-15(22)11-5-2-3-6-12(11)19-18(21)26/h2-3,5-6,13-14H,4,7-10H2,1H3,(H,19,26)(H,24,25)/t13-,14+/m0/s1. The molecule has 0 radical (unpaired) electrons. The van der Waals surface area contributed by atoms with E-state index in [-0.39, 0.29) is 6.42 Å². The molecule has 1 fully saturated rings. The number of hydrogen-bond donors (Lipinski definition) is 2. The van der Waals surface area contributed by atoms with Crippen LogP contribution in [0, 0.1) is 0 Å². The first-order valence-corrected chi connectivity index (χ1v) is 10.1. The van der Waals surface area contributed by atoms with Gasteiger partial charge >= 0.3 is 11.7 Å². The molecule has 0 spiro atoms. The molecule has 9 heteroatoms. The molecule has 1 aromatic carbocycles. The maximum atomic E-state index is 13.1. The minimum absolute atomic E-state index is 0.268. The highest BCUT2D eigenvalue weighted by atomic mass is 32.2. The smallest absolute Gasteiger partial charge is 0.329 e. The highest BCUT2D eigenvalue weighted by molar-refractivity contribution is 7.98. The predicted octanol–water partition coefficient (Wildman–Crippen LogP) is 1.06. The van der Waals surface area contributed by atoms with Gasteiger partial charge in [-0.05, 0) is 43.4 Å². The van der Waals surface area contributed by atoms with E-state index in [1.54, 1.807) is 24.3 Å². The summed E-state index contributed by atoms with van der Waals surface area (Å²) in [6.45, 7) is 0.311. The van der Waals surface area contributed by atoms with Crippen molar-refractivity contribution in [2.45, 2.75) is 31.3 Å². The number of H-pyrrole nitrogens is 1. The zero-order valence-electron chi connectivity index (χ0n) is 14.9. The van der Waals surface area contributed by atoms with E-state index >= 15 is 0 Å². The third kappa shape index (κ3) is 3.64. The lowest BCUT2D eigenvalue weighted by molar-refractivity contribution is -0.149. The fourth-order valence-corrected chi connectivity index (χ4v) is 3.99. The zero-order chi connectivity index (χ0) is 19.6. The summed E-state index contributed by atoms with van der Waals surface area (Å²) >= 11 is 1.49.